The second-order valence-corrected chi connectivity index (χ2v) is 6.34. The molecule has 0 atom stereocenters. The van der Waals surface area contributed by atoms with E-state index < -0.39 is 5.97 Å². The van der Waals surface area contributed by atoms with Gasteiger partial charge in [-0.15, -0.1) is 0 Å². The van der Waals surface area contributed by atoms with Gasteiger partial charge in [0.1, 0.15) is 0 Å². The largest absolute Gasteiger partial charge is 0.544 e. The van der Waals surface area contributed by atoms with Crippen molar-refractivity contribution < 1.29 is 9.90 Å². The summed E-state index contributed by atoms with van der Waals surface area (Å²) in [5, 5.41) is 10.7. The number of aliphatic carboxylic acids is 1. The molecular weight excluding hydrogens is 292 g/mol. The van der Waals surface area contributed by atoms with Crippen molar-refractivity contribution in [3.8, 4) is 0 Å². The molecule has 0 heterocycles. The van der Waals surface area contributed by atoms with E-state index in [0.717, 1.165) is 6.42 Å². The van der Waals surface area contributed by atoms with Crippen LogP contribution < -0.4 is 5.11 Å². The maximum Gasteiger partial charge on any atom is 0.0787 e. The first-order valence-electron chi connectivity index (χ1n) is 6.22. The first-order chi connectivity index (χ1) is 8.25. The molecule has 1 aliphatic carbocycles. The molecule has 0 N–H and O–H groups in total. The quantitative estimate of drug-likeness (QED) is 0.591. The molecule has 18 heavy (non-hydrogen) atoms. The van der Waals surface area contributed by atoms with Gasteiger partial charge in [-0.1, -0.05) is 31.6 Å². The number of carbonyl (C=O) groups is 1. The zero-order valence-corrected chi connectivity index (χ0v) is 13.1. The van der Waals surface area contributed by atoms with Crippen LogP contribution in [0.1, 0.15) is 47.0 Å². The van der Waals surface area contributed by atoms with Gasteiger partial charge < -0.3 is 9.90 Å². The highest BCUT2D eigenvalue weighted by molar-refractivity contribution is 9.12. The molecule has 1 aliphatic rings. The summed E-state index contributed by atoms with van der Waals surface area (Å²) in [6.45, 7) is 8.40. The third kappa shape index (κ3) is 3.58. The topological polar surface area (TPSA) is 40.1 Å². The fraction of sp³-hybridized carbons (Fsp3) is 0.533. The maximum absolute atomic E-state index is 10.7. The predicted molar refractivity (Wildman–Crippen MR) is 76.1 cm³/mol. The van der Waals surface area contributed by atoms with Crippen LogP contribution >= 0.6 is 15.9 Å². The highest BCUT2D eigenvalue weighted by Gasteiger charge is 2.26. The summed E-state index contributed by atoms with van der Waals surface area (Å²) in [4.78, 5) is 10.7. The molecule has 0 amide bonds. The molecular formula is C15H20BrO2-. The van der Waals surface area contributed by atoms with E-state index in [1.54, 1.807) is 6.92 Å². The molecule has 0 aromatic rings. The maximum atomic E-state index is 10.7. The lowest BCUT2D eigenvalue weighted by Crippen LogP contribution is -2.22. The van der Waals surface area contributed by atoms with Crippen molar-refractivity contribution in [1.82, 2.24) is 0 Å². The van der Waals surface area contributed by atoms with Crippen LogP contribution in [0.15, 0.2) is 33.4 Å². The Hall–Kier alpha value is -0.830. The summed E-state index contributed by atoms with van der Waals surface area (Å²) >= 11 is 3.03. The lowest BCUT2D eigenvalue weighted by Gasteiger charge is -2.33. The van der Waals surface area contributed by atoms with Gasteiger partial charge in [0.2, 0.25) is 0 Å². The lowest BCUT2D eigenvalue weighted by molar-refractivity contribution is -0.298. The van der Waals surface area contributed by atoms with E-state index in [1.165, 1.54) is 24.0 Å². The number of halogens is 1. The van der Waals surface area contributed by atoms with Crippen LogP contribution in [0.2, 0.25) is 0 Å². The Morgan fingerprint density at radius 2 is 2.06 bits per heavy atom. The number of carboxylic acid groups (broad SMARTS) is 1. The van der Waals surface area contributed by atoms with Crippen molar-refractivity contribution in [1.29, 1.82) is 0 Å². The Kier molecular flexibility index (Phi) is 4.97. The summed E-state index contributed by atoms with van der Waals surface area (Å²) in [7, 11) is 0. The summed E-state index contributed by atoms with van der Waals surface area (Å²) in [6, 6.07) is 0. The van der Waals surface area contributed by atoms with Gasteiger partial charge in [0.25, 0.3) is 0 Å². The number of carboxylic acids is 1. The number of carbonyl (C=O) groups excluding carboxylic acids is 1. The third-order valence-corrected chi connectivity index (χ3v) is 4.52. The average Bonchev–Trinajstić information content (AvgIpc) is 2.25. The fourth-order valence-corrected chi connectivity index (χ4v) is 2.58. The van der Waals surface area contributed by atoms with E-state index in [-0.39, 0.29) is 9.90 Å². The molecule has 0 aliphatic heterocycles. The van der Waals surface area contributed by atoms with Gasteiger partial charge in [0, 0.05) is 4.48 Å². The van der Waals surface area contributed by atoms with Gasteiger partial charge in [0.15, 0.2) is 0 Å². The smallest absolute Gasteiger partial charge is 0.0787 e. The van der Waals surface area contributed by atoms with E-state index in [4.69, 9.17) is 0 Å². The summed E-state index contributed by atoms with van der Waals surface area (Å²) in [5.41, 5.74) is 3.58. The zero-order chi connectivity index (χ0) is 13.9. The van der Waals surface area contributed by atoms with Crippen molar-refractivity contribution in [2.45, 2.75) is 47.0 Å². The van der Waals surface area contributed by atoms with Crippen LogP contribution in [0.5, 0.6) is 0 Å². The number of hydrogen-bond donors (Lipinski definition) is 0. The first kappa shape index (κ1) is 15.2. The molecule has 2 nitrogen and oxygen atoms in total. The Bertz CT molecular complexity index is 439. The van der Waals surface area contributed by atoms with Crippen molar-refractivity contribution in [3.63, 3.8) is 0 Å². The Morgan fingerprint density at radius 1 is 1.44 bits per heavy atom. The number of allylic oxidation sites excluding steroid dienone is 5. The molecule has 100 valence electrons. The summed E-state index contributed by atoms with van der Waals surface area (Å²) < 4.78 is 0.116. The minimum Gasteiger partial charge on any atom is -0.544 e. The van der Waals surface area contributed by atoms with Gasteiger partial charge in [-0.3, -0.25) is 0 Å². The molecule has 0 radical (unpaired) electrons. The van der Waals surface area contributed by atoms with Gasteiger partial charge in [-0.25, -0.2) is 0 Å². The standard InChI is InChI=1S/C15H21BrO2/c1-10-6-5-9-15(3,4)12(10)8-7-11(2)13(16)14(17)18/h7-8H,5-6,9H2,1-4H3,(H,17,18)/p-1/b8-7+,13-11+. The first-order valence-corrected chi connectivity index (χ1v) is 7.01. The van der Waals surface area contributed by atoms with Crippen LogP contribution in [-0.4, -0.2) is 5.97 Å². The lowest BCUT2D eigenvalue weighted by atomic mass is 9.72. The minimum absolute atomic E-state index is 0.116. The Morgan fingerprint density at radius 3 is 2.56 bits per heavy atom. The normalized spacial score (nSPS) is 21.2. The van der Waals surface area contributed by atoms with Crippen LogP contribution in [0.4, 0.5) is 0 Å². The molecule has 0 bridgehead atoms. The number of rotatable bonds is 3. The van der Waals surface area contributed by atoms with E-state index >= 15 is 0 Å². The molecule has 0 fully saturated rings. The van der Waals surface area contributed by atoms with Gasteiger partial charge in [-0.2, -0.15) is 0 Å². The van der Waals surface area contributed by atoms with E-state index in [2.05, 4.69) is 36.7 Å². The van der Waals surface area contributed by atoms with Gasteiger partial charge >= 0.3 is 0 Å². The third-order valence-electron chi connectivity index (χ3n) is 3.57. The van der Waals surface area contributed by atoms with Crippen molar-refractivity contribution in [2.75, 3.05) is 0 Å². The second kappa shape index (κ2) is 5.87. The highest BCUT2D eigenvalue weighted by Crippen LogP contribution is 2.40. The fourth-order valence-electron chi connectivity index (χ4n) is 2.45. The van der Waals surface area contributed by atoms with Crippen molar-refractivity contribution in [2.24, 2.45) is 5.41 Å². The second-order valence-electron chi connectivity index (χ2n) is 5.55. The monoisotopic (exact) mass is 311 g/mol. The van der Waals surface area contributed by atoms with Crippen molar-refractivity contribution >= 4 is 21.9 Å². The molecule has 0 spiro atoms. The Labute approximate surface area is 118 Å². The average molecular weight is 312 g/mol. The number of hydrogen-bond acceptors (Lipinski definition) is 2. The van der Waals surface area contributed by atoms with Crippen molar-refractivity contribution in [3.05, 3.63) is 33.4 Å². The summed E-state index contributed by atoms with van der Waals surface area (Å²) in [6.07, 6.45) is 7.44. The van der Waals surface area contributed by atoms with E-state index in [0.29, 0.717) is 5.57 Å². The predicted octanol–water partition coefficient (Wildman–Crippen LogP) is 3.49. The Balaban J connectivity index is 3.03. The molecule has 0 saturated heterocycles. The SMILES string of the molecule is CC1=C(/C=C/C(C)=C(/Br)C(=O)[O-])C(C)(C)CCC1. The molecule has 3 heteroatoms. The van der Waals surface area contributed by atoms with Crippen LogP contribution in [0.3, 0.4) is 0 Å². The van der Waals surface area contributed by atoms with Crippen LogP contribution in [-0.2, 0) is 4.79 Å². The molecule has 1 rings (SSSR count). The minimum atomic E-state index is -1.18. The highest BCUT2D eigenvalue weighted by atomic mass is 79.9. The molecule has 0 aromatic carbocycles. The van der Waals surface area contributed by atoms with E-state index in [1.807, 2.05) is 12.2 Å². The van der Waals surface area contributed by atoms with Gasteiger partial charge in [0.05, 0.1) is 5.97 Å². The van der Waals surface area contributed by atoms with Crippen LogP contribution in [0.25, 0.3) is 0 Å². The summed E-state index contributed by atoms with van der Waals surface area (Å²) in [5.74, 6) is -1.18. The molecule has 0 aromatic heterocycles. The van der Waals surface area contributed by atoms with Gasteiger partial charge in [-0.05, 0) is 65.6 Å². The molecule has 0 unspecified atom stereocenters. The molecule has 0 saturated carbocycles. The van der Waals surface area contributed by atoms with E-state index in [9.17, 15) is 9.90 Å². The van der Waals surface area contributed by atoms with Crippen LogP contribution in [0, 0.1) is 5.41 Å². The zero-order valence-electron chi connectivity index (χ0n) is 11.5.